The van der Waals surface area contributed by atoms with Crippen molar-refractivity contribution in [2.45, 2.75) is 25.8 Å². The molecule has 1 aliphatic rings. The van der Waals surface area contributed by atoms with E-state index in [1.54, 1.807) is 0 Å². The molecule has 2 unspecified atom stereocenters. The standard InChI is InChI=1S/C9H16N2/c1-7-3-4-8(10)5-6-9(7,2)11/h4-7H,3,10-11H2,1-2H3. The molecule has 2 nitrogen and oxygen atoms in total. The first-order valence-corrected chi connectivity index (χ1v) is 3.96. The van der Waals surface area contributed by atoms with Crippen molar-refractivity contribution in [1.82, 2.24) is 0 Å². The summed E-state index contributed by atoms with van der Waals surface area (Å²) >= 11 is 0. The second-order valence-electron chi connectivity index (χ2n) is 3.54. The third kappa shape index (κ3) is 1.84. The predicted octanol–water partition coefficient (Wildman–Crippen LogP) is 1.14. The molecule has 1 rings (SSSR count). The first kappa shape index (κ1) is 8.34. The lowest BCUT2D eigenvalue weighted by molar-refractivity contribution is 0.393. The Bertz CT molecular complexity index is 202. The molecule has 0 amide bonds. The van der Waals surface area contributed by atoms with Crippen molar-refractivity contribution in [3.63, 3.8) is 0 Å². The van der Waals surface area contributed by atoms with Gasteiger partial charge in [-0.1, -0.05) is 19.1 Å². The van der Waals surface area contributed by atoms with Gasteiger partial charge in [-0.3, -0.25) is 0 Å². The monoisotopic (exact) mass is 152 g/mol. The first-order chi connectivity index (χ1) is 5.02. The van der Waals surface area contributed by atoms with Crippen molar-refractivity contribution in [3.05, 3.63) is 23.9 Å². The van der Waals surface area contributed by atoms with Gasteiger partial charge in [0.1, 0.15) is 0 Å². The van der Waals surface area contributed by atoms with Crippen LogP contribution in [-0.4, -0.2) is 5.54 Å². The van der Waals surface area contributed by atoms with Crippen LogP contribution in [0.1, 0.15) is 20.3 Å². The van der Waals surface area contributed by atoms with Gasteiger partial charge >= 0.3 is 0 Å². The fourth-order valence-electron chi connectivity index (χ4n) is 1.07. The van der Waals surface area contributed by atoms with Crippen LogP contribution in [-0.2, 0) is 0 Å². The second kappa shape index (κ2) is 2.70. The highest BCUT2D eigenvalue weighted by atomic mass is 14.7. The van der Waals surface area contributed by atoms with Crippen molar-refractivity contribution in [2.75, 3.05) is 0 Å². The summed E-state index contributed by atoms with van der Waals surface area (Å²) in [6, 6.07) is 0. The zero-order valence-electron chi connectivity index (χ0n) is 7.17. The molecular weight excluding hydrogens is 136 g/mol. The van der Waals surface area contributed by atoms with Crippen molar-refractivity contribution >= 4 is 0 Å². The lowest BCUT2D eigenvalue weighted by Crippen LogP contribution is -2.40. The Hall–Kier alpha value is -0.760. The average Bonchev–Trinajstić information content (AvgIpc) is 2.03. The lowest BCUT2D eigenvalue weighted by atomic mass is 9.86. The minimum atomic E-state index is -0.211. The molecule has 1 aliphatic carbocycles. The summed E-state index contributed by atoms with van der Waals surface area (Å²) in [4.78, 5) is 0. The molecule has 0 radical (unpaired) electrons. The summed E-state index contributed by atoms with van der Waals surface area (Å²) < 4.78 is 0. The van der Waals surface area contributed by atoms with E-state index in [2.05, 4.69) is 6.92 Å². The van der Waals surface area contributed by atoms with Gasteiger partial charge in [0, 0.05) is 11.2 Å². The Morgan fingerprint density at radius 2 is 2.27 bits per heavy atom. The molecule has 0 heterocycles. The van der Waals surface area contributed by atoms with Gasteiger partial charge < -0.3 is 11.5 Å². The minimum Gasteiger partial charge on any atom is -0.399 e. The van der Waals surface area contributed by atoms with E-state index in [1.165, 1.54) is 0 Å². The minimum absolute atomic E-state index is 0.211. The van der Waals surface area contributed by atoms with Crippen molar-refractivity contribution in [1.29, 1.82) is 0 Å². The van der Waals surface area contributed by atoms with Crippen LogP contribution in [0.3, 0.4) is 0 Å². The summed E-state index contributed by atoms with van der Waals surface area (Å²) in [6.07, 6.45) is 6.87. The van der Waals surface area contributed by atoms with Crippen LogP contribution in [0.15, 0.2) is 23.9 Å². The molecule has 0 aliphatic heterocycles. The van der Waals surface area contributed by atoms with Crippen LogP contribution in [0.2, 0.25) is 0 Å². The maximum atomic E-state index is 6.01. The van der Waals surface area contributed by atoms with Crippen LogP contribution in [0, 0.1) is 5.92 Å². The van der Waals surface area contributed by atoms with E-state index in [0.717, 1.165) is 12.1 Å². The van der Waals surface area contributed by atoms with Gasteiger partial charge in [0.25, 0.3) is 0 Å². The summed E-state index contributed by atoms with van der Waals surface area (Å²) in [5.41, 5.74) is 12.3. The quantitative estimate of drug-likeness (QED) is 0.547. The van der Waals surface area contributed by atoms with Gasteiger partial charge in [0.15, 0.2) is 0 Å². The highest BCUT2D eigenvalue weighted by Crippen LogP contribution is 2.22. The van der Waals surface area contributed by atoms with Gasteiger partial charge in [-0.2, -0.15) is 0 Å². The molecule has 4 N–H and O–H groups in total. The summed E-state index contributed by atoms with van der Waals surface area (Å²) in [5.74, 6) is 0.458. The summed E-state index contributed by atoms with van der Waals surface area (Å²) in [7, 11) is 0. The molecule has 0 bridgehead atoms. The van der Waals surface area contributed by atoms with Gasteiger partial charge in [-0.05, 0) is 25.3 Å². The van der Waals surface area contributed by atoms with Crippen LogP contribution in [0.5, 0.6) is 0 Å². The topological polar surface area (TPSA) is 52.0 Å². The molecule has 0 aromatic rings. The van der Waals surface area contributed by atoms with Crippen LogP contribution >= 0.6 is 0 Å². The molecular formula is C9H16N2. The highest BCUT2D eigenvalue weighted by molar-refractivity contribution is 5.23. The number of hydrogen-bond acceptors (Lipinski definition) is 2. The normalized spacial score (nSPS) is 38.1. The number of rotatable bonds is 0. The molecule has 2 heteroatoms. The van der Waals surface area contributed by atoms with E-state index in [4.69, 9.17) is 11.5 Å². The SMILES string of the molecule is CC1CC=C(N)C=CC1(C)N. The van der Waals surface area contributed by atoms with Crippen molar-refractivity contribution < 1.29 is 0 Å². The molecule has 0 saturated heterocycles. The Kier molecular flexibility index (Phi) is 2.05. The molecule has 0 aromatic carbocycles. The number of allylic oxidation sites excluding steroid dienone is 2. The number of hydrogen-bond donors (Lipinski definition) is 2. The fourth-order valence-corrected chi connectivity index (χ4v) is 1.07. The Labute approximate surface area is 68.0 Å². The van der Waals surface area contributed by atoms with E-state index in [0.29, 0.717) is 5.92 Å². The third-order valence-corrected chi connectivity index (χ3v) is 2.40. The molecule has 0 spiro atoms. The maximum Gasteiger partial charge on any atom is 0.0343 e. The van der Waals surface area contributed by atoms with E-state index in [9.17, 15) is 0 Å². The molecule has 0 saturated carbocycles. The Morgan fingerprint density at radius 3 is 2.91 bits per heavy atom. The summed E-state index contributed by atoms with van der Waals surface area (Å²) in [6.45, 7) is 4.17. The van der Waals surface area contributed by atoms with Crippen LogP contribution < -0.4 is 11.5 Å². The van der Waals surface area contributed by atoms with E-state index in [1.807, 2.05) is 25.2 Å². The second-order valence-corrected chi connectivity index (χ2v) is 3.54. The van der Waals surface area contributed by atoms with E-state index in [-0.39, 0.29) is 5.54 Å². The predicted molar refractivity (Wildman–Crippen MR) is 47.8 cm³/mol. The molecule has 11 heavy (non-hydrogen) atoms. The number of nitrogens with two attached hydrogens (primary N) is 2. The summed E-state index contributed by atoms with van der Waals surface area (Å²) in [5, 5.41) is 0. The van der Waals surface area contributed by atoms with Crippen LogP contribution in [0.25, 0.3) is 0 Å². The average molecular weight is 152 g/mol. The van der Waals surface area contributed by atoms with E-state index >= 15 is 0 Å². The molecule has 0 aromatic heterocycles. The zero-order valence-corrected chi connectivity index (χ0v) is 7.17. The van der Waals surface area contributed by atoms with Crippen molar-refractivity contribution in [2.24, 2.45) is 17.4 Å². The van der Waals surface area contributed by atoms with Gasteiger partial charge in [0.2, 0.25) is 0 Å². The van der Waals surface area contributed by atoms with E-state index < -0.39 is 0 Å². The lowest BCUT2D eigenvalue weighted by Gasteiger charge is -2.26. The zero-order chi connectivity index (χ0) is 8.48. The molecule has 0 fully saturated rings. The van der Waals surface area contributed by atoms with Gasteiger partial charge in [-0.25, -0.2) is 0 Å². The smallest absolute Gasteiger partial charge is 0.0343 e. The largest absolute Gasteiger partial charge is 0.399 e. The maximum absolute atomic E-state index is 6.01. The van der Waals surface area contributed by atoms with Crippen molar-refractivity contribution in [3.8, 4) is 0 Å². The molecule has 62 valence electrons. The third-order valence-electron chi connectivity index (χ3n) is 2.40. The molecule has 2 atom stereocenters. The fraction of sp³-hybridized carbons (Fsp3) is 0.556. The van der Waals surface area contributed by atoms with Gasteiger partial charge in [-0.15, -0.1) is 0 Å². The van der Waals surface area contributed by atoms with Crippen LogP contribution in [0.4, 0.5) is 0 Å². The Morgan fingerprint density at radius 1 is 1.64 bits per heavy atom. The van der Waals surface area contributed by atoms with Gasteiger partial charge in [0.05, 0.1) is 0 Å². The Balaban J connectivity index is 2.84. The highest BCUT2D eigenvalue weighted by Gasteiger charge is 2.23. The first-order valence-electron chi connectivity index (χ1n) is 3.96.